The second-order valence-corrected chi connectivity index (χ2v) is 9.08. The SMILES string of the molecule is CN(C)c1cc2ccn(C)c2cc1SC[C@@H](C=O)NC(=O)c1cn(Cc2ccccc2)nn1. The molecule has 2 aromatic heterocycles. The van der Waals surface area contributed by atoms with Crippen molar-refractivity contribution in [2.75, 3.05) is 24.7 Å². The summed E-state index contributed by atoms with van der Waals surface area (Å²) in [5.74, 6) is -0.0119. The van der Waals surface area contributed by atoms with Gasteiger partial charge in [-0.25, -0.2) is 4.68 Å². The summed E-state index contributed by atoms with van der Waals surface area (Å²) in [5, 5.41) is 11.9. The van der Waals surface area contributed by atoms with Crippen LogP contribution in [0.25, 0.3) is 10.9 Å². The molecular weight excluding hydrogens is 436 g/mol. The van der Waals surface area contributed by atoms with Gasteiger partial charge < -0.3 is 19.6 Å². The molecule has 0 aliphatic rings. The molecule has 0 aliphatic carbocycles. The van der Waals surface area contributed by atoms with Crippen LogP contribution in [0.1, 0.15) is 16.1 Å². The number of nitrogens with zero attached hydrogens (tertiary/aromatic N) is 5. The van der Waals surface area contributed by atoms with Gasteiger partial charge in [0.05, 0.1) is 24.5 Å². The monoisotopic (exact) mass is 462 g/mol. The third kappa shape index (κ3) is 5.25. The van der Waals surface area contributed by atoms with Gasteiger partial charge in [-0.2, -0.15) is 0 Å². The highest BCUT2D eigenvalue weighted by molar-refractivity contribution is 7.99. The minimum atomic E-state index is -0.652. The molecule has 0 radical (unpaired) electrons. The molecule has 2 heterocycles. The van der Waals surface area contributed by atoms with Gasteiger partial charge in [-0.3, -0.25) is 4.79 Å². The Kier molecular flexibility index (Phi) is 6.79. The zero-order chi connectivity index (χ0) is 23.4. The average Bonchev–Trinajstić information content (AvgIpc) is 3.43. The first kappa shape index (κ1) is 22.6. The third-order valence-corrected chi connectivity index (χ3v) is 6.47. The molecular formula is C24H26N6O2S. The van der Waals surface area contributed by atoms with Gasteiger partial charge in [0, 0.05) is 48.9 Å². The van der Waals surface area contributed by atoms with Crippen molar-refractivity contribution in [2.45, 2.75) is 17.5 Å². The van der Waals surface area contributed by atoms with Gasteiger partial charge in [0.25, 0.3) is 5.91 Å². The van der Waals surface area contributed by atoms with Crippen LogP contribution < -0.4 is 10.2 Å². The molecule has 4 aromatic rings. The van der Waals surface area contributed by atoms with E-state index in [-0.39, 0.29) is 5.69 Å². The van der Waals surface area contributed by atoms with Gasteiger partial charge in [-0.15, -0.1) is 16.9 Å². The number of carbonyl (C=O) groups is 2. The Bertz CT molecular complexity index is 1260. The highest BCUT2D eigenvalue weighted by atomic mass is 32.2. The maximum atomic E-state index is 12.6. The van der Waals surface area contributed by atoms with Crippen molar-refractivity contribution < 1.29 is 9.59 Å². The largest absolute Gasteiger partial charge is 0.377 e. The quantitative estimate of drug-likeness (QED) is 0.304. The van der Waals surface area contributed by atoms with Crippen LogP contribution in [0, 0.1) is 0 Å². The topological polar surface area (TPSA) is 85.0 Å². The zero-order valence-electron chi connectivity index (χ0n) is 18.8. The molecule has 4 rings (SSSR count). The van der Waals surface area contributed by atoms with E-state index in [2.05, 4.69) is 38.4 Å². The zero-order valence-corrected chi connectivity index (χ0v) is 19.6. The van der Waals surface area contributed by atoms with Crippen LogP contribution in [0.3, 0.4) is 0 Å². The van der Waals surface area contributed by atoms with E-state index in [1.54, 1.807) is 10.9 Å². The van der Waals surface area contributed by atoms with E-state index in [9.17, 15) is 9.59 Å². The van der Waals surface area contributed by atoms with Crippen LogP contribution in [0.15, 0.2) is 65.8 Å². The summed E-state index contributed by atoms with van der Waals surface area (Å²) >= 11 is 1.54. The first-order chi connectivity index (χ1) is 15.9. The van der Waals surface area contributed by atoms with Crippen molar-refractivity contribution in [1.82, 2.24) is 24.9 Å². The summed E-state index contributed by atoms with van der Waals surface area (Å²) in [6, 6.07) is 15.5. The second kappa shape index (κ2) is 9.91. The predicted octanol–water partition coefficient (Wildman–Crippen LogP) is 2.97. The molecule has 0 unspecified atom stereocenters. The number of hydrogen-bond acceptors (Lipinski definition) is 6. The van der Waals surface area contributed by atoms with E-state index in [1.165, 1.54) is 11.8 Å². The van der Waals surface area contributed by atoms with Crippen LogP contribution in [0.4, 0.5) is 5.69 Å². The molecule has 0 aliphatic heterocycles. The van der Waals surface area contributed by atoms with Crippen LogP contribution >= 0.6 is 11.8 Å². The molecule has 0 spiro atoms. The molecule has 9 heteroatoms. The molecule has 1 atom stereocenters. The van der Waals surface area contributed by atoms with Crippen LogP contribution in [0.5, 0.6) is 0 Å². The standard InChI is InChI=1S/C24H26N6O2S/c1-28(2)22-11-18-9-10-29(3)21(18)12-23(22)33-16-19(15-31)25-24(32)20-14-30(27-26-20)13-17-7-5-4-6-8-17/h4-12,14-15,19H,13,16H2,1-3H3,(H,25,32)/t19-/m1/s1. The van der Waals surface area contributed by atoms with Crippen molar-refractivity contribution in [1.29, 1.82) is 0 Å². The maximum absolute atomic E-state index is 12.6. The highest BCUT2D eigenvalue weighted by Gasteiger charge is 2.18. The van der Waals surface area contributed by atoms with Crippen LogP contribution in [-0.2, 0) is 18.4 Å². The molecule has 0 saturated heterocycles. The van der Waals surface area contributed by atoms with Gasteiger partial charge in [-0.1, -0.05) is 35.5 Å². The molecule has 0 saturated carbocycles. The Morgan fingerprint density at radius 1 is 1.21 bits per heavy atom. The number of anilines is 1. The number of amides is 1. The predicted molar refractivity (Wildman–Crippen MR) is 131 cm³/mol. The highest BCUT2D eigenvalue weighted by Crippen LogP contribution is 2.34. The Hall–Kier alpha value is -3.59. The molecule has 33 heavy (non-hydrogen) atoms. The summed E-state index contributed by atoms with van der Waals surface area (Å²) in [7, 11) is 5.99. The van der Waals surface area contributed by atoms with E-state index < -0.39 is 11.9 Å². The van der Waals surface area contributed by atoms with Gasteiger partial charge in [0.1, 0.15) is 6.29 Å². The second-order valence-electron chi connectivity index (χ2n) is 8.01. The van der Waals surface area contributed by atoms with E-state index in [0.29, 0.717) is 12.3 Å². The Morgan fingerprint density at radius 2 is 2.00 bits per heavy atom. The lowest BCUT2D eigenvalue weighted by atomic mass is 10.2. The lowest BCUT2D eigenvalue weighted by Crippen LogP contribution is -2.38. The van der Waals surface area contributed by atoms with Crippen molar-refractivity contribution >= 4 is 40.5 Å². The first-order valence-corrected chi connectivity index (χ1v) is 11.5. The Labute approximate surface area is 196 Å². The number of fused-ring (bicyclic) bond motifs is 1. The number of aldehydes is 1. The molecule has 1 N–H and O–H groups in total. The normalized spacial score (nSPS) is 12.0. The van der Waals surface area contributed by atoms with Crippen LogP contribution in [-0.4, -0.2) is 57.6 Å². The fraction of sp³-hybridized carbons (Fsp3) is 0.250. The van der Waals surface area contributed by atoms with Gasteiger partial charge in [0.15, 0.2) is 5.69 Å². The van der Waals surface area contributed by atoms with Gasteiger partial charge in [-0.05, 0) is 23.8 Å². The van der Waals surface area contributed by atoms with E-state index in [1.807, 2.05) is 62.6 Å². The lowest BCUT2D eigenvalue weighted by molar-refractivity contribution is -0.109. The van der Waals surface area contributed by atoms with E-state index in [0.717, 1.165) is 33.3 Å². The molecule has 2 aromatic carbocycles. The summed E-state index contributed by atoms with van der Waals surface area (Å²) in [6.45, 7) is 0.517. The smallest absolute Gasteiger partial charge is 0.274 e. The molecule has 0 bridgehead atoms. The lowest BCUT2D eigenvalue weighted by Gasteiger charge is -2.19. The third-order valence-electron chi connectivity index (χ3n) is 5.31. The number of nitrogens with one attached hydrogen (secondary N) is 1. The summed E-state index contributed by atoms with van der Waals surface area (Å²) in [6.07, 6.45) is 4.37. The maximum Gasteiger partial charge on any atom is 0.274 e. The number of benzene rings is 2. The molecule has 170 valence electrons. The minimum Gasteiger partial charge on any atom is -0.377 e. The molecule has 8 nitrogen and oxygen atoms in total. The number of hydrogen-bond donors (Lipinski definition) is 1. The number of aromatic nitrogens is 4. The van der Waals surface area contributed by atoms with Crippen molar-refractivity contribution in [3.63, 3.8) is 0 Å². The van der Waals surface area contributed by atoms with Crippen molar-refractivity contribution in [3.05, 3.63) is 72.2 Å². The number of thioether (sulfide) groups is 1. The fourth-order valence-electron chi connectivity index (χ4n) is 3.54. The van der Waals surface area contributed by atoms with E-state index in [4.69, 9.17) is 0 Å². The van der Waals surface area contributed by atoms with E-state index >= 15 is 0 Å². The summed E-state index contributed by atoms with van der Waals surface area (Å²) in [5.41, 5.74) is 3.42. The Balaban J connectivity index is 1.42. The van der Waals surface area contributed by atoms with Crippen molar-refractivity contribution in [2.24, 2.45) is 7.05 Å². The van der Waals surface area contributed by atoms with Crippen LogP contribution in [0.2, 0.25) is 0 Å². The molecule has 1 amide bonds. The first-order valence-electron chi connectivity index (χ1n) is 10.5. The fourth-order valence-corrected chi connectivity index (χ4v) is 4.64. The Morgan fingerprint density at radius 3 is 2.73 bits per heavy atom. The summed E-state index contributed by atoms with van der Waals surface area (Å²) < 4.78 is 3.67. The number of rotatable bonds is 9. The number of aryl methyl sites for hydroxylation is 1. The molecule has 0 fully saturated rings. The van der Waals surface area contributed by atoms with Crippen molar-refractivity contribution in [3.8, 4) is 0 Å². The van der Waals surface area contributed by atoms with Gasteiger partial charge >= 0.3 is 0 Å². The summed E-state index contributed by atoms with van der Waals surface area (Å²) in [4.78, 5) is 27.4. The average molecular weight is 463 g/mol. The van der Waals surface area contributed by atoms with Gasteiger partial charge in [0.2, 0.25) is 0 Å². The number of carbonyl (C=O) groups excluding carboxylic acids is 2. The minimum absolute atomic E-state index is 0.182.